The number of hydrogen-bond acceptors (Lipinski definition) is 4. The van der Waals surface area contributed by atoms with E-state index in [2.05, 4.69) is 10.2 Å². The molecule has 1 fully saturated rings. The van der Waals surface area contributed by atoms with Crippen LogP contribution in [0.5, 0.6) is 5.75 Å². The zero-order chi connectivity index (χ0) is 13.7. The Hall–Kier alpha value is -0.860. The van der Waals surface area contributed by atoms with Crippen LogP contribution in [0.4, 0.5) is 0 Å². The van der Waals surface area contributed by atoms with Crippen molar-refractivity contribution in [3.05, 3.63) is 27.3 Å². The van der Waals surface area contributed by atoms with Crippen LogP contribution < -0.4 is 5.32 Å². The summed E-state index contributed by atoms with van der Waals surface area (Å²) in [7, 11) is 0. The Balaban J connectivity index is 1.78. The predicted octanol–water partition coefficient (Wildman–Crippen LogP) is 1.06. The van der Waals surface area contributed by atoms with E-state index in [4.69, 9.17) is 4.74 Å². The van der Waals surface area contributed by atoms with Gasteiger partial charge < -0.3 is 15.2 Å². The lowest BCUT2D eigenvalue weighted by Gasteiger charge is -2.26. The quantitative estimate of drug-likeness (QED) is 0.772. The first-order valence-electron chi connectivity index (χ1n) is 6.23. The second-order valence-corrected chi connectivity index (χ2v) is 5.54. The van der Waals surface area contributed by atoms with Crippen molar-refractivity contribution in [1.29, 1.82) is 0 Å². The Labute approximate surface area is 126 Å². The van der Waals surface area contributed by atoms with Gasteiger partial charge in [0.2, 0.25) is 0 Å². The largest absolute Gasteiger partial charge is 0.507 e. The maximum absolute atomic E-state index is 11.9. The molecule has 1 aliphatic heterocycles. The highest BCUT2D eigenvalue weighted by Crippen LogP contribution is 2.20. The van der Waals surface area contributed by atoms with Gasteiger partial charge >= 0.3 is 0 Å². The van der Waals surface area contributed by atoms with E-state index >= 15 is 0 Å². The van der Waals surface area contributed by atoms with Crippen molar-refractivity contribution in [2.75, 3.05) is 39.4 Å². The topological polar surface area (TPSA) is 61.8 Å². The van der Waals surface area contributed by atoms with E-state index in [1.807, 2.05) is 22.6 Å². The van der Waals surface area contributed by atoms with Crippen molar-refractivity contribution < 1.29 is 14.6 Å². The van der Waals surface area contributed by atoms with E-state index in [0.717, 1.165) is 36.4 Å². The maximum atomic E-state index is 11.9. The molecule has 0 atom stereocenters. The number of morpholine rings is 1. The first kappa shape index (κ1) is 14.5. The summed E-state index contributed by atoms with van der Waals surface area (Å²) >= 11 is 2.02. The van der Waals surface area contributed by atoms with Crippen molar-refractivity contribution in [3.8, 4) is 5.75 Å². The standard InChI is InChI=1S/C13H17IN2O3/c14-11-2-1-10(9-12(11)17)13(18)15-3-4-16-5-7-19-8-6-16/h1-2,9,17H,3-8H2,(H,15,18). The smallest absolute Gasteiger partial charge is 0.251 e. The molecule has 2 rings (SSSR count). The Bertz CT molecular complexity index is 448. The number of amides is 1. The molecule has 5 nitrogen and oxygen atoms in total. The molecule has 0 bridgehead atoms. The average Bonchev–Trinajstić information content (AvgIpc) is 2.43. The fourth-order valence-electron chi connectivity index (χ4n) is 1.91. The third-order valence-electron chi connectivity index (χ3n) is 3.03. The SMILES string of the molecule is O=C(NCCN1CCOCC1)c1ccc(I)c(O)c1. The molecule has 0 aliphatic carbocycles. The van der Waals surface area contributed by atoms with E-state index in [1.54, 1.807) is 12.1 Å². The number of aromatic hydroxyl groups is 1. The van der Waals surface area contributed by atoms with E-state index in [9.17, 15) is 9.90 Å². The number of phenolic OH excluding ortho intramolecular Hbond substituents is 1. The van der Waals surface area contributed by atoms with Crippen LogP contribution in [0.25, 0.3) is 0 Å². The number of benzene rings is 1. The van der Waals surface area contributed by atoms with E-state index in [-0.39, 0.29) is 11.7 Å². The number of hydrogen-bond donors (Lipinski definition) is 2. The highest BCUT2D eigenvalue weighted by atomic mass is 127. The third-order valence-corrected chi connectivity index (χ3v) is 3.94. The predicted molar refractivity (Wildman–Crippen MR) is 80.4 cm³/mol. The lowest BCUT2D eigenvalue weighted by Crippen LogP contribution is -2.41. The van der Waals surface area contributed by atoms with Crippen molar-refractivity contribution in [2.45, 2.75) is 0 Å². The molecule has 104 valence electrons. The molecule has 2 N–H and O–H groups in total. The van der Waals surface area contributed by atoms with Gasteiger partial charge in [0.05, 0.1) is 16.8 Å². The number of halogens is 1. The van der Waals surface area contributed by atoms with Gasteiger partial charge in [-0.15, -0.1) is 0 Å². The van der Waals surface area contributed by atoms with Crippen LogP contribution in [0.2, 0.25) is 0 Å². The molecule has 1 saturated heterocycles. The first-order valence-corrected chi connectivity index (χ1v) is 7.31. The number of phenols is 1. The summed E-state index contributed by atoms with van der Waals surface area (Å²) in [4.78, 5) is 14.1. The number of nitrogens with zero attached hydrogens (tertiary/aromatic N) is 1. The van der Waals surface area contributed by atoms with Gasteiger partial charge in [0.15, 0.2) is 0 Å². The second kappa shape index (κ2) is 7.06. The zero-order valence-electron chi connectivity index (χ0n) is 10.6. The number of carbonyl (C=O) groups is 1. The maximum Gasteiger partial charge on any atom is 0.251 e. The summed E-state index contributed by atoms with van der Waals surface area (Å²) in [5.41, 5.74) is 0.486. The lowest BCUT2D eigenvalue weighted by molar-refractivity contribution is 0.0383. The number of nitrogens with one attached hydrogen (secondary N) is 1. The molecule has 1 amide bonds. The second-order valence-electron chi connectivity index (χ2n) is 4.38. The first-order chi connectivity index (χ1) is 9.16. The number of carbonyl (C=O) groups excluding carboxylic acids is 1. The number of rotatable bonds is 4. The van der Waals surface area contributed by atoms with Gasteiger partial charge in [0.25, 0.3) is 5.91 Å². The van der Waals surface area contributed by atoms with Crippen LogP contribution in [0, 0.1) is 3.57 Å². The number of ether oxygens (including phenoxy) is 1. The van der Waals surface area contributed by atoms with Crippen LogP contribution >= 0.6 is 22.6 Å². The van der Waals surface area contributed by atoms with Crippen LogP contribution in [0.1, 0.15) is 10.4 Å². The molecule has 0 unspecified atom stereocenters. The van der Waals surface area contributed by atoms with Crippen molar-refractivity contribution >= 4 is 28.5 Å². The fourth-order valence-corrected chi connectivity index (χ4v) is 2.24. The van der Waals surface area contributed by atoms with Gasteiger partial charge in [-0.25, -0.2) is 0 Å². The van der Waals surface area contributed by atoms with Crippen LogP contribution in [0.15, 0.2) is 18.2 Å². The molecule has 0 radical (unpaired) electrons. The van der Waals surface area contributed by atoms with Crippen molar-refractivity contribution in [2.24, 2.45) is 0 Å². The fraction of sp³-hybridized carbons (Fsp3) is 0.462. The van der Waals surface area contributed by atoms with Crippen LogP contribution in [0.3, 0.4) is 0 Å². The lowest BCUT2D eigenvalue weighted by atomic mass is 10.2. The summed E-state index contributed by atoms with van der Waals surface area (Å²) in [5.74, 6) is -0.0126. The van der Waals surface area contributed by atoms with Crippen LogP contribution in [-0.4, -0.2) is 55.3 Å². The molecule has 0 saturated carbocycles. The molecule has 19 heavy (non-hydrogen) atoms. The summed E-state index contributed by atoms with van der Waals surface area (Å²) in [6.45, 7) is 4.79. The molecular weight excluding hydrogens is 359 g/mol. The molecule has 1 aromatic carbocycles. The van der Waals surface area contributed by atoms with E-state index < -0.39 is 0 Å². The Morgan fingerprint density at radius 1 is 1.42 bits per heavy atom. The zero-order valence-corrected chi connectivity index (χ0v) is 12.7. The highest BCUT2D eigenvalue weighted by molar-refractivity contribution is 14.1. The summed E-state index contributed by atoms with van der Waals surface area (Å²) in [5, 5.41) is 12.4. The van der Waals surface area contributed by atoms with Crippen molar-refractivity contribution in [3.63, 3.8) is 0 Å². The molecule has 1 aromatic rings. The summed E-state index contributed by atoms with van der Waals surface area (Å²) < 4.78 is 6.00. The third kappa shape index (κ3) is 4.32. The minimum Gasteiger partial charge on any atom is -0.507 e. The van der Waals surface area contributed by atoms with Crippen molar-refractivity contribution in [1.82, 2.24) is 10.2 Å². The Morgan fingerprint density at radius 2 is 2.16 bits per heavy atom. The molecule has 1 aliphatic rings. The van der Waals surface area contributed by atoms with Gasteiger partial charge in [-0.2, -0.15) is 0 Å². The summed E-state index contributed by atoms with van der Waals surface area (Å²) in [6, 6.07) is 4.93. The monoisotopic (exact) mass is 376 g/mol. The normalized spacial score (nSPS) is 16.3. The minimum atomic E-state index is -0.153. The average molecular weight is 376 g/mol. The molecule has 0 aromatic heterocycles. The highest BCUT2D eigenvalue weighted by Gasteiger charge is 2.11. The Morgan fingerprint density at radius 3 is 2.84 bits per heavy atom. The molecule has 6 heteroatoms. The van der Waals surface area contributed by atoms with Crippen LogP contribution in [-0.2, 0) is 4.74 Å². The molecule has 0 spiro atoms. The Kier molecular flexibility index (Phi) is 5.41. The van der Waals surface area contributed by atoms with Gasteiger partial charge in [-0.3, -0.25) is 9.69 Å². The van der Waals surface area contributed by atoms with Gasteiger partial charge in [-0.1, -0.05) is 0 Å². The van der Waals surface area contributed by atoms with Gasteiger partial charge in [0, 0.05) is 31.7 Å². The summed E-state index contributed by atoms with van der Waals surface area (Å²) in [6.07, 6.45) is 0. The van der Waals surface area contributed by atoms with Gasteiger partial charge in [0.1, 0.15) is 5.75 Å². The van der Waals surface area contributed by atoms with E-state index in [1.165, 1.54) is 6.07 Å². The molecule has 1 heterocycles. The molecular formula is C13H17IN2O3. The minimum absolute atomic E-state index is 0.140. The van der Waals surface area contributed by atoms with Gasteiger partial charge in [-0.05, 0) is 40.8 Å². The van der Waals surface area contributed by atoms with E-state index in [0.29, 0.717) is 12.1 Å².